The van der Waals surface area contributed by atoms with Gasteiger partial charge in [0.05, 0.1) is 30.7 Å². The van der Waals surface area contributed by atoms with Crippen molar-refractivity contribution in [2.75, 3.05) is 30.3 Å². The number of carbonyl (C=O) groups is 2. The lowest BCUT2D eigenvalue weighted by Crippen LogP contribution is -2.44. The van der Waals surface area contributed by atoms with Crippen molar-refractivity contribution in [2.24, 2.45) is 0 Å². The molecule has 10 nitrogen and oxygen atoms in total. The first-order chi connectivity index (χ1) is 17.1. The van der Waals surface area contributed by atoms with Gasteiger partial charge in [0.2, 0.25) is 5.91 Å². The molecule has 0 aliphatic carbocycles. The Labute approximate surface area is 208 Å². The van der Waals surface area contributed by atoms with Crippen molar-refractivity contribution in [1.82, 2.24) is 19.7 Å². The van der Waals surface area contributed by atoms with Crippen LogP contribution in [0.3, 0.4) is 0 Å². The van der Waals surface area contributed by atoms with Gasteiger partial charge in [-0.1, -0.05) is 12.1 Å². The summed E-state index contributed by atoms with van der Waals surface area (Å²) in [5, 5.41) is 9.99. The highest BCUT2D eigenvalue weighted by molar-refractivity contribution is 5.90. The molecule has 1 aliphatic rings. The van der Waals surface area contributed by atoms with Gasteiger partial charge in [0.25, 0.3) is 0 Å². The number of nitrogens with zero attached hydrogens (tertiary/aromatic N) is 4. The van der Waals surface area contributed by atoms with Gasteiger partial charge in [0.15, 0.2) is 0 Å². The second kappa shape index (κ2) is 10.7. The van der Waals surface area contributed by atoms with E-state index < -0.39 is 11.4 Å². The lowest BCUT2D eigenvalue weighted by atomic mass is 10.2. The Hall–Kier alpha value is -3.99. The number of ether oxygens (including phenoxy) is 2. The third-order valence-corrected chi connectivity index (χ3v) is 5.14. The first kappa shape index (κ1) is 25.1. The zero-order valence-corrected chi connectivity index (χ0v) is 20.4. The molecule has 4 rings (SSSR count). The summed E-state index contributed by atoms with van der Waals surface area (Å²) in [7, 11) is 0. The molecule has 2 amide bonds. The predicted octanol–water partition coefficient (Wildman–Crippen LogP) is 4.11. The van der Waals surface area contributed by atoms with E-state index in [1.807, 2.05) is 32.9 Å². The third-order valence-electron chi connectivity index (χ3n) is 5.14. The molecule has 2 N–H and O–H groups in total. The number of hydrogen-bond donors (Lipinski definition) is 2. The largest absolute Gasteiger partial charge is 0.444 e. The van der Waals surface area contributed by atoms with Crippen LogP contribution >= 0.6 is 0 Å². The van der Waals surface area contributed by atoms with Gasteiger partial charge < -0.3 is 25.0 Å². The number of morpholine rings is 1. The smallest absolute Gasteiger partial charge is 0.410 e. The first-order valence-corrected chi connectivity index (χ1v) is 11.6. The average Bonchev–Trinajstić information content (AvgIpc) is 3.24. The molecule has 2 aromatic heterocycles. The van der Waals surface area contributed by atoms with Gasteiger partial charge in [-0.25, -0.2) is 14.2 Å². The van der Waals surface area contributed by atoms with Crippen LogP contribution < -0.4 is 10.6 Å². The fraction of sp³-hybridized carbons (Fsp3) is 0.360. The summed E-state index contributed by atoms with van der Waals surface area (Å²) in [4.78, 5) is 31.0. The molecule has 0 bridgehead atoms. The fourth-order valence-corrected chi connectivity index (χ4v) is 3.60. The Morgan fingerprint density at radius 1 is 1.19 bits per heavy atom. The molecule has 3 heterocycles. The van der Waals surface area contributed by atoms with Crippen molar-refractivity contribution in [3.63, 3.8) is 0 Å². The summed E-state index contributed by atoms with van der Waals surface area (Å²) in [6.45, 7) is 6.63. The molecule has 0 saturated carbocycles. The van der Waals surface area contributed by atoms with Crippen LogP contribution in [0, 0.1) is 5.82 Å². The maximum absolute atomic E-state index is 13.3. The van der Waals surface area contributed by atoms with Crippen LogP contribution in [-0.2, 0) is 20.8 Å². The molecule has 1 saturated heterocycles. The summed E-state index contributed by atoms with van der Waals surface area (Å²) in [5.41, 5.74) is 1.12. The van der Waals surface area contributed by atoms with E-state index in [4.69, 9.17) is 9.47 Å². The SMILES string of the molecule is CC(C)(C)OC(=O)N1CCOC(c2cccc(Nc3cnn(CC(=O)Nc4cccc(F)c4)c3)n2)C1. The van der Waals surface area contributed by atoms with Gasteiger partial charge in [-0.2, -0.15) is 5.10 Å². The zero-order chi connectivity index (χ0) is 25.7. The second-order valence-corrected chi connectivity index (χ2v) is 9.34. The summed E-state index contributed by atoms with van der Waals surface area (Å²) in [5.74, 6) is -0.196. The van der Waals surface area contributed by atoms with E-state index >= 15 is 0 Å². The number of carbonyl (C=O) groups excluding carboxylic acids is 2. The highest BCUT2D eigenvalue weighted by Gasteiger charge is 2.29. The zero-order valence-electron chi connectivity index (χ0n) is 20.4. The quantitative estimate of drug-likeness (QED) is 0.528. The molecular weight excluding hydrogens is 467 g/mol. The van der Waals surface area contributed by atoms with Crippen molar-refractivity contribution in [1.29, 1.82) is 0 Å². The molecule has 36 heavy (non-hydrogen) atoms. The average molecular weight is 497 g/mol. The monoisotopic (exact) mass is 496 g/mol. The fourth-order valence-electron chi connectivity index (χ4n) is 3.60. The number of rotatable bonds is 6. The van der Waals surface area contributed by atoms with Crippen LogP contribution in [0.2, 0.25) is 0 Å². The summed E-state index contributed by atoms with van der Waals surface area (Å²) >= 11 is 0. The summed E-state index contributed by atoms with van der Waals surface area (Å²) < 4.78 is 26.1. The van der Waals surface area contributed by atoms with Crippen molar-refractivity contribution in [2.45, 2.75) is 39.0 Å². The van der Waals surface area contributed by atoms with Crippen molar-refractivity contribution < 1.29 is 23.5 Å². The van der Waals surface area contributed by atoms with Gasteiger partial charge in [-0.15, -0.1) is 0 Å². The van der Waals surface area contributed by atoms with E-state index in [1.54, 1.807) is 29.4 Å². The molecule has 11 heteroatoms. The molecule has 1 atom stereocenters. The maximum atomic E-state index is 13.3. The maximum Gasteiger partial charge on any atom is 0.410 e. The van der Waals surface area contributed by atoms with Crippen LogP contribution in [0.25, 0.3) is 0 Å². The summed E-state index contributed by atoms with van der Waals surface area (Å²) in [6.07, 6.45) is 2.48. The van der Waals surface area contributed by atoms with E-state index in [9.17, 15) is 14.0 Å². The highest BCUT2D eigenvalue weighted by Crippen LogP contribution is 2.24. The predicted molar refractivity (Wildman–Crippen MR) is 131 cm³/mol. The Kier molecular flexibility index (Phi) is 7.49. The molecule has 0 spiro atoms. The highest BCUT2D eigenvalue weighted by atomic mass is 19.1. The Balaban J connectivity index is 1.35. The standard InChI is InChI=1S/C25H29FN6O4/c1-25(2,3)36-24(34)31-10-11-35-21(15-31)20-8-5-9-22(30-20)28-19-13-27-32(14-19)16-23(33)29-18-7-4-6-17(26)12-18/h4-9,12-14,21H,10-11,15-16H2,1-3H3,(H,28,30)(H,29,33). The van der Waals surface area contributed by atoms with E-state index in [2.05, 4.69) is 20.7 Å². The second-order valence-electron chi connectivity index (χ2n) is 9.34. The number of benzene rings is 1. The van der Waals surface area contributed by atoms with Crippen molar-refractivity contribution in [3.8, 4) is 0 Å². The lowest BCUT2D eigenvalue weighted by Gasteiger charge is -2.34. The number of hydrogen-bond acceptors (Lipinski definition) is 7. The van der Waals surface area contributed by atoms with E-state index in [1.165, 1.54) is 22.9 Å². The van der Waals surface area contributed by atoms with Gasteiger partial charge in [-0.3, -0.25) is 9.48 Å². The van der Waals surface area contributed by atoms with Crippen LogP contribution in [0.1, 0.15) is 32.6 Å². The third kappa shape index (κ3) is 7.01. The minimum atomic E-state index is -0.572. The van der Waals surface area contributed by atoms with Crippen molar-refractivity contribution >= 4 is 29.2 Å². The number of amides is 2. The van der Waals surface area contributed by atoms with Crippen LogP contribution in [0.4, 0.5) is 26.4 Å². The number of halogens is 1. The van der Waals surface area contributed by atoms with Crippen LogP contribution in [0.15, 0.2) is 54.9 Å². The van der Waals surface area contributed by atoms with Crippen LogP contribution in [-0.4, -0.2) is 57.0 Å². The van der Waals surface area contributed by atoms with Gasteiger partial charge >= 0.3 is 6.09 Å². The minimum Gasteiger partial charge on any atom is -0.444 e. The molecule has 0 radical (unpaired) electrons. The Bertz CT molecular complexity index is 1230. The van der Waals surface area contributed by atoms with Crippen LogP contribution in [0.5, 0.6) is 0 Å². The Morgan fingerprint density at radius 2 is 2.00 bits per heavy atom. The van der Waals surface area contributed by atoms with E-state index in [-0.39, 0.29) is 24.6 Å². The Morgan fingerprint density at radius 3 is 2.78 bits per heavy atom. The lowest BCUT2D eigenvalue weighted by molar-refractivity contribution is -0.116. The molecular formula is C25H29FN6O4. The number of nitrogens with one attached hydrogen (secondary N) is 2. The first-order valence-electron chi connectivity index (χ1n) is 11.6. The molecule has 1 aliphatic heterocycles. The molecule has 190 valence electrons. The van der Waals surface area contributed by atoms with E-state index in [0.717, 1.165) is 0 Å². The minimum absolute atomic E-state index is 0.0396. The number of anilines is 3. The number of pyridine rings is 1. The van der Waals surface area contributed by atoms with Crippen molar-refractivity contribution in [3.05, 3.63) is 66.4 Å². The van der Waals surface area contributed by atoms with E-state index in [0.29, 0.717) is 42.6 Å². The van der Waals surface area contributed by atoms with Gasteiger partial charge in [0, 0.05) is 18.4 Å². The molecule has 3 aromatic rings. The topological polar surface area (TPSA) is 111 Å². The normalized spacial score (nSPS) is 15.9. The summed E-state index contributed by atoms with van der Waals surface area (Å²) in [6, 6.07) is 11.2. The molecule has 1 fully saturated rings. The molecule has 1 aromatic carbocycles. The number of aromatic nitrogens is 3. The molecule has 1 unspecified atom stereocenters. The van der Waals surface area contributed by atoms with Gasteiger partial charge in [-0.05, 0) is 51.1 Å². The van der Waals surface area contributed by atoms with Gasteiger partial charge in [0.1, 0.15) is 29.9 Å².